The van der Waals surface area contributed by atoms with E-state index >= 15 is 0 Å². The number of ether oxygens (including phenoxy) is 1. The Balaban J connectivity index is 1.31. The van der Waals surface area contributed by atoms with E-state index in [0.29, 0.717) is 17.3 Å². The van der Waals surface area contributed by atoms with E-state index in [2.05, 4.69) is 68.5 Å². The van der Waals surface area contributed by atoms with Gasteiger partial charge < -0.3 is 4.74 Å². The van der Waals surface area contributed by atoms with Crippen LogP contribution in [0.2, 0.25) is 0 Å². The fourth-order valence-electron chi connectivity index (χ4n) is 8.62. The Labute approximate surface area is 186 Å². The van der Waals surface area contributed by atoms with Crippen molar-refractivity contribution >= 4 is 10.8 Å². The van der Waals surface area contributed by atoms with Crippen molar-refractivity contribution in [1.29, 1.82) is 0 Å². The van der Waals surface area contributed by atoms with E-state index in [9.17, 15) is 0 Å². The molecule has 3 fully saturated rings. The van der Waals surface area contributed by atoms with Crippen LogP contribution in [-0.4, -0.2) is 11.2 Å². The van der Waals surface area contributed by atoms with Crippen LogP contribution in [-0.2, 0) is 4.74 Å². The first-order valence-electron chi connectivity index (χ1n) is 12.6. The Bertz CT molecular complexity index is 1140. The molecule has 0 amide bonds. The lowest BCUT2D eigenvalue weighted by atomic mass is 9.58. The largest absolute Gasteiger partial charge is 0.359 e. The first-order chi connectivity index (χ1) is 15.0. The van der Waals surface area contributed by atoms with E-state index in [1.807, 2.05) is 0 Å². The van der Waals surface area contributed by atoms with Gasteiger partial charge in [0.05, 0.1) is 11.2 Å². The maximum absolute atomic E-state index is 7.35. The Morgan fingerprint density at radius 2 is 1.84 bits per heavy atom. The maximum atomic E-state index is 7.35. The molecule has 0 N–H and O–H groups in total. The van der Waals surface area contributed by atoms with E-state index < -0.39 is 0 Å². The Morgan fingerprint density at radius 1 is 0.968 bits per heavy atom. The third-order valence-corrected chi connectivity index (χ3v) is 10.1. The van der Waals surface area contributed by atoms with Gasteiger partial charge in [-0.25, -0.2) is 0 Å². The van der Waals surface area contributed by atoms with Gasteiger partial charge in [0.15, 0.2) is 0 Å². The Hall–Kier alpha value is -1.86. The predicted octanol–water partition coefficient (Wildman–Crippen LogP) is 7.72. The van der Waals surface area contributed by atoms with Crippen LogP contribution >= 0.6 is 0 Å². The lowest BCUT2D eigenvalue weighted by Gasteiger charge is -2.54. The number of allylic oxidation sites excluding steroid dienone is 1. The molecule has 2 bridgehead atoms. The highest BCUT2D eigenvalue weighted by Crippen LogP contribution is 2.69. The van der Waals surface area contributed by atoms with Crippen LogP contribution in [0.15, 0.2) is 65.8 Å². The van der Waals surface area contributed by atoms with Crippen LogP contribution in [0.3, 0.4) is 0 Å². The summed E-state index contributed by atoms with van der Waals surface area (Å²) in [7, 11) is 0. The van der Waals surface area contributed by atoms with Gasteiger partial charge in [-0.1, -0.05) is 68.5 Å². The molecule has 160 valence electrons. The lowest BCUT2D eigenvalue weighted by molar-refractivity contribution is -0.138. The minimum absolute atomic E-state index is 0.0147. The SMILES string of the molecule is C[C@@H]1CCC2=CC3=CC[C@]4(C)[C@@H](c5ccc6ccccc6c5)CC[C@H]4[C@@]34CCC2(C1)O4. The molecule has 7 rings (SSSR count). The summed E-state index contributed by atoms with van der Waals surface area (Å²) in [5.41, 5.74) is 5.06. The van der Waals surface area contributed by atoms with Crippen LogP contribution in [0.1, 0.15) is 76.7 Å². The summed E-state index contributed by atoms with van der Waals surface area (Å²) in [6, 6.07) is 16.0. The zero-order chi connectivity index (χ0) is 20.8. The highest BCUT2D eigenvalue weighted by Gasteiger charge is 2.66. The summed E-state index contributed by atoms with van der Waals surface area (Å²) in [6.45, 7) is 5.02. The monoisotopic (exact) mass is 410 g/mol. The van der Waals surface area contributed by atoms with Crippen molar-refractivity contribution in [3.8, 4) is 0 Å². The van der Waals surface area contributed by atoms with E-state index in [-0.39, 0.29) is 11.2 Å². The van der Waals surface area contributed by atoms with E-state index in [1.54, 1.807) is 16.7 Å². The van der Waals surface area contributed by atoms with Gasteiger partial charge in [-0.3, -0.25) is 0 Å². The minimum atomic E-state index is -0.0147. The number of rotatable bonds is 1. The van der Waals surface area contributed by atoms with Gasteiger partial charge in [-0.05, 0) is 102 Å². The van der Waals surface area contributed by atoms with Crippen LogP contribution in [0, 0.1) is 17.3 Å². The zero-order valence-electron chi connectivity index (χ0n) is 19.0. The summed E-state index contributed by atoms with van der Waals surface area (Å²) in [5.74, 6) is 2.07. The molecule has 5 aliphatic rings. The second-order valence-electron chi connectivity index (χ2n) is 11.7. The predicted molar refractivity (Wildman–Crippen MR) is 127 cm³/mol. The van der Waals surface area contributed by atoms with E-state index in [4.69, 9.17) is 4.74 Å². The zero-order valence-corrected chi connectivity index (χ0v) is 19.0. The fourth-order valence-corrected chi connectivity index (χ4v) is 8.62. The molecule has 0 radical (unpaired) electrons. The summed E-state index contributed by atoms with van der Waals surface area (Å²) in [6.07, 6.45) is 15.3. The molecule has 1 nitrogen and oxygen atoms in total. The third kappa shape index (κ3) is 2.37. The molecule has 2 spiro atoms. The molecule has 3 aliphatic carbocycles. The standard InChI is InChI=1S/C30H34O/c1-20-7-10-24-18-25-13-14-28(2)26(23-9-8-21-5-3-4-6-22(21)17-23)11-12-27(28)30(25)16-15-29(24,19-20)31-30/h3-6,8-9,13,17-18,20,26-27H,7,10-12,14-16,19H2,1-2H3/t20-,26-,27-,28-,29?,30-/m1/s1. The minimum Gasteiger partial charge on any atom is -0.359 e. The second-order valence-corrected chi connectivity index (χ2v) is 11.7. The van der Waals surface area contributed by atoms with Gasteiger partial charge in [0.1, 0.15) is 0 Å². The molecule has 2 aliphatic heterocycles. The average molecular weight is 411 g/mol. The van der Waals surface area contributed by atoms with Gasteiger partial charge >= 0.3 is 0 Å². The molecule has 1 heteroatoms. The molecule has 2 saturated carbocycles. The van der Waals surface area contributed by atoms with E-state index in [1.165, 1.54) is 62.1 Å². The molecule has 1 saturated heterocycles. The van der Waals surface area contributed by atoms with Crippen LogP contribution in [0.4, 0.5) is 0 Å². The summed E-state index contributed by atoms with van der Waals surface area (Å²) < 4.78 is 7.35. The van der Waals surface area contributed by atoms with Crippen molar-refractivity contribution < 1.29 is 4.74 Å². The van der Waals surface area contributed by atoms with Crippen molar-refractivity contribution in [2.24, 2.45) is 17.3 Å². The maximum Gasteiger partial charge on any atom is 0.0974 e. The second kappa shape index (κ2) is 6.13. The van der Waals surface area contributed by atoms with E-state index in [0.717, 1.165) is 5.92 Å². The number of fused-ring (bicyclic) bond motifs is 2. The van der Waals surface area contributed by atoms with Gasteiger partial charge in [0, 0.05) is 0 Å². The average Bonchev–Trinajstić information content (AvgIpc) is 3.28. The van der Waals surface area contributed by atoms with Gasteiger partial charge in [-0.15, -0.1) is 0 Å². The van der Waals surface area contributed by atoms with Crippen molar-refractivity contribution in [1.82, 2.24) is 0 Å². The highest BCUT2D eigenvalue weighted by molar-refractivity contribution is 5.83. The molecule has 2 aromatic carbocycles. The van der Waals surface area contributed by atoms with Crippen LogP contribution < -0.4 is 0 Å². The van der Waals surface area contributed by atoms with Crippen molar-refractivity contribution in [3.63, 3.8) is 0 Å². The highest BCUT2D eigenvalue weighted by atomic mass is 16.5. The molecule has 1 unspecified atom stereocenters. The van der Waals surface area contributed by atoms with Gasteiger partial charge in [0.25, 0.3) is 0 Å². The first kappa shape index (κ1) is 18.7. The summed E-state index contributed by atoms with van der Waals surface area (Å²) in [4.78, 5) is 0. The van der Waals surface area contributed by atoms with Crippen molar-refractivity contribution in [2.75, 3.05) is 0 Å². The fraction of sp³-hybridized carbons (Fsp3) is 0.533. The molecule has 0 aromatic heterocycles. The topological polar surface area (TPSA) is 9.23 Å². The first-order valence-corrected chi connectivity index (χ1v) is 12.6. The van der Waals surface area contributed by atoms with Gasteiger partial charge in [0.2, 0.25) is 0 Å². The smallest absolute Gasteiger partial charge is 0.0974 e. The number of benzene rings is 2. The van der Waals surface area contributed by atoms with Crippen LogP contribution in [0.25, 0.3) is 10.8 Å². The number of hydrogen-bond donors (Lipinski definition) is 0. The van der Waals surface area contributed by atoms with Crippen molar-refractivity contribution in [2.45, 2.75) is 82.3 Å². The molecule has 6 atom stereocenters. The summed E-state index contributed by atoms with van der Waals surface area (Å²) in [5, 5.41) is 2.74. The molecule has 2 heterocycles. The van der Waals surface area contributed by atoms with Crippen LogP contribution in [0.5, 0.6) is 0 Å². The Morgan fingerprint density at radius 3 is 2.74 bits per heavy atom. The quantitative estimate of drug-likeness (QED) is 0.467. The lowest BCUT2D eigenvalue weighted by Crippen LogP contribution is -2.53. The normalized spacial score (nSPS) is 43.1. The molecular formula is C30H34O. The Kier molecular flexibility index (Phi) is 3.70. The third-order valence-electron chi connectivity index (χ3n) is 10.1. The molecule has 31 heavy (non-hydrogen) atoms. The molecule has 2 aromatic rings. The van der Waals surface area contributed by atoms with Gasteiger partial charge in [-0.2, -0.15) is 0 Å². The molecular weight excluding hydrogens is 376 g/mol. The number of hydrogen-bond acceptors (Lipinski definition) is 1. The summed E-state index contributed by atoms with van der Waals surface area (Å²) >= 11 is 0. The van der Waals surface area contributed by atoms with Crippen molar-refractivity contribution in [3.05, 3.63) is 71.3 Å².